The molecule has 94 heavy (non-hydrogen) atoms. The lowest BCUT2D eigenvalue weighted by molar-refractivity contribution is -0.359. The number of carbonyl (C=O) groups excluding carboxylic acids is 1. The second-order valence-corrected chi connectivity index (χ2v) is 28.2. The first-order chi connectivity index (χ1) is 46.1. The number of aliphatic hydroxyl groups is 8. The van der Waals surface area contributed by atoms with Crippen molar-refractivity contribution in [2.75, 3.05) is 19.8 Å². The standard InChI is InChI=1S/C80H149NO13/c1-3-5-7-9-11-13-15-17-19-21-23-25-27-29-31-32-33-34-35-36-38-40-42-44-46-48-50-52-54-56-58-60-62-64-72(85)81-68(67-91-79-77(90)75(88)78(71(66-83)93-79)94-80-76(89)74(87)73(86)70(65-82)92-80)69(84)63-61-59-57-55-53-51-49-47-45-43-41-39-37-30-28-26-24-22-20-18-16-14-12-10-8-6-4-2/h15,17,21,23,53,55,61,63,68-71,73-80,82-84,86-90H,3-14,16,18-20,22,24-52,54,56-60,62,64-67H2,1-2H3,(H,81,85)/b17-15-,23-21-,55-53+,63-61+. The maximum Gasteiger partial charge on any atom is 0.220 e. The Morgan fingerprint density at radius 3 is 1.11 bits per heavy atom. The largest absolute Gasteiger partial charge is 0.394 e. The van der Waals surface area contributed by atoms with Crippen LogP contribution in [0.5, 0.6) is 0 Å². The van der Waals surface area contributed by atoms with Crippen molar-refractivity contribution in [2.45, 2.75) is 434 Å². The van der Waals surface area contributed by atoms with Gasteiger partial charge < -0.3 is 65.1 Å². The van der Waals surface area contributed by atoms with Crippen molar-refractivity contribution in [2.24, 2.45) is 0 Å². The Morgan fingerprint density at radius 2 is 0.713 bits per heavy atom. The van der Waals surface area contributed by atoms with Gasteiger partial charge in [0.2, 0.25) is 5.91 Å². The third kappa shape index (κ3) is 47.1. The van der Waals surface area contributed by atoms with Crippen LogP contribution in [0.25, 0.3) is 0 Å². The fraction of sp³-hybridized carbons (Fsp3) is 0.887. The molecule has 2 rings (SSSR count). The zero-order valence-electron chi connectivity index (χ0n) is 60.5. The number of hydrogen-bond acceptors (Lipinski definition) is 13. The number of aliphatic hydroxyl groups excluding tert-OH is 8. The van der Waals surface area contributed by atoms with Crippen molar-refractivity contribution < 1.29 is 64.6 Å². The van der Waals surface area contributed by atoms with Crippen molar-refractivity contribution in [1.82, 2.24) is 5.32 Å². The van der Waals surface area contributed by atoms with Gasteiger partial charge in [0.1, 0.15) is 48.8 Å². The van der Waals surface area contributed by atoms with Crippen molar-refractivity contribution in [1.29, 1.82) is 0 Å². The summed E-state index contributed by atoms with van der Waals surface area (Å²) in [5, 5.41) is 87.6. The number of carbonyl (C=O) groups is 1. The van der Waals surface area contributed by atoms with E-state index in [1.165, 1.54) is 289 Å². The summed E-state index contributed by atoms with van der Waals surface area (Å²) in [4.78, 5) is 13.4. The maximum absolute atomic E-state index is 13.4. The molecule has 0 aromatic heterocycles. The molecule has 2 saturated heterocycles. The Hall–Kier alpha value is -2.05. The van der Waals surface area contributed by atoms with Crippen LogP contribution in [0.3, 0.4) is 0 Å². The zero-order valence-corrected chi connectivity index (χ0v) is 60.5. The number of allylic oxidation sites excluding steroid dienone is 7. The van der Waals surface area contributed by atoms with Gasteiger partial charge in [-0.05, 0) is 64.2 Å². The van der Waals surface area contributed by atoms with E-state index in [2.05, 4.69) is 55.6 Å². The van der Waals surface area contributed by atoms with E-state index in [1.807, 2.05) is 6.08 Å². The molecule has 552 valence electrons. The summed E-state index contributed by atoms with van der Waals surface area (Å²) in [5.41, 5.74) is 0. The molecular weight excluding hydrogens is 1180 g/mol. The van der Waals surface area contributed by atoms with Crippen LogP contribution in [-0.4, -0.2) is 140 Å². The fourth-order valence-electron chi connectivity index (χ4n) is 13.2. The topological polar surface area (TPSA) is 228 Å². The summed E-state index contributed by atoms with van der Waals surface area (Å²) in [7, 11) is 0. The molecule has 14 heteroatoms. The number of nitrogens with one attached hydrogen (secondary N) is 1. The average Bonchev–Trinajstić information content (AvgIpc) is 0.794. The van der Waals surface area contributed by atoms with Crippen molar-refractivity contribution in [3.63, 3.8) is 0 Å². The highest BCUT2D eigenvalue weighted by molar-refractivity contribution is 5.76. The highest BCUT2D eigenvalue weighted by Gasteiger charge is 2.51. The molecular formula is C80H149NO13. The molecule has 2 fully saturated rings. The normalized spacial score (nSPS) is 22.7. The van der Waals surface area contributed by atoms with Crippen LogP contribution in [0.15, 0.2) is 48.6 Å². The van der Waals surface area contributed by atoms with Gasteiger partial charge >= 0.3 is 0 Å². The molecule has 1 amide bonds. The van der Waals surface area contributed by atoms with E-state index in [4.69, 9.17) is 18.9 Å². The molecule has 0 radical (unpaired) electrons. The predicted octanol–water partition coefficient (Wildman–Crippen LogP) is 17.8. The third-order valence-electron chi connectivity index (χ3n) is 19.5. The van der Waals surface area contributed by atoms with Gasteiger partial charge in [-0.3, -0.25) is 4.79 Å². The summed E-state index contributed by atoms with van der Waals surface area (Å²) >= 11 is 0. The molecule has 0 aromatic carbocycles. The minimum atomic E-state index is -1.79. The van der Waals surface area contributed by atoms with E-state index in [0.29, 0.717) is 12.8 Å². The highest BCUT2D eigenvalue weighted by atomic mass is 16.7. The molecule has 12 unspecified atom stereocenters. The lowest BCUT2D eigenvalue weighted by Crippen LogP contribution is -2.65. The summed E-state index contributed by atoms with van der Waals surface area (Å²) in [6.07, 6.45) is 69.1. The van der Waals surface area contributed by atoms with Gasteiger partial charge in [0, 0.05) is 6.42 Å². The lowest BCUT2D eigenvalue weighted by atomic mass is 9.97. The van der Waals surface area contributed by atoms with E-state index in [9.17, 15) is 45.6 Å². The van der Waals surface area contributed by atoms with Gasteiger partial charge in [-0.25, -0.2) is 0 Å². The summed E-state index contributed by atoms with van der Waals surface area (Å²) in [6, 6.07) is -0.933. The van der Waals surface area contributed by atoms with E-state index >= 15 is 0 Å². The van der Waals surface area contributed by atoms with Gasteiger partial charge in [0.05, 0.1) is 32.0 Å². The van der Waals surface area contributed by atoms with Gasteiger partial charge in [-0.1, -0.05) is 339 Å². The van der Waals surface area contributed by atoms with Crippen LogP contribution in [0.2, 0.25) is 0 Å². The minimum Gasteiger partial charge on any atom is -0.394 e. The van der Waals surface area contributed by atoms with Crippen molar-refractivity contribution >= 4 is 5.91 Å². The first-order valence-electron chi connectivity index (χ1n) is 39.9. The van der Waals surface area contributed by atoms with Gasteiger partial charge in [0.25, 0.3) is 0 Å². The second kappa shape index (κ2) is 64.3. The Morgan fingerprint density at radius 1 is 0.383 bits per heavy atom. The number of rotatable bonds is 67. The first kappa shape index (κ1) is 88.0. The molecule has 9 N–H and O–H groups in total. The Kier molecular flexibility index (Phi) is 60.3. The van der Waals surface area contributed by atoms with E-state index < -0.39 is 86.8 Å². The molecule has 0 bridgehead atoms. The molecule has 0 aromatic rings. The minimum absolute atomic E-state index is 0.242. The number of amides is 1. The summed E-state index contributed by atoms with van der Waals surface area (Å²) in [6.45, 7) is 2.83. The predicted molar refractivity (Wildman–Crippen MR) is 388 cm³/mol. The molecule has 0 spiro atoms. The van der Waals surface area contributed by atoms with Crippen LogP contribution in [-0.2, 0) is 23.7 Å². The van der Waals surface area contributed by atoms with E-state index in [1.54, 1.807) is 6.08 Å². The van der Waals surface area contributed by atoms with Gasteiger partial charge in [-0.15, -0.1) is 0 Å². The Labute approximate surface area is 575 Å². The highest BCUT2D eigenvalue weighted by Crippen LogP contribution is 2.30. The number of ether oxygens (including phenoxy) is 4. The summed E-state index contributed by atoms with van der Waals surface area (Å²) < 4.78 is 22.9. The monoisotopic (exact) mass is 1330 g/mol. The molecule has 2 aliphatic rings. The van der Waals surface area contributed by atoms with Gasteiger partial charge in [0.15, 0.2) is 12.6 Å². The second-order valence-electron chi connectivity index (χ2n) is 28.2. The number of hydrogen-bond donors (Lipinski definition) is 9. The molecule has 0 aliphatic carbocycles. The SMILES string of the molecule is CCCCCCC/C=C\C/C=C\CCCCCCCCCCCCCCCCCCCCCCCC(=O)NC(COC1OC(CO)C(OC2OC(CO)C(O)C(O)C2O)C(O)C1O)C(O)/C=C/CC/C=C/CCCCCCCCCCCCCCCCCCCCCCC. The van der Waals surface area contributed by atoms with Crippen LogP contribution >= 0.6 is 0 Å². The molecule has 2 aliphatic heterocycles. The molecule has 14 nitrogen and oxygen atoms in total. The number of unbranched alkanes of at least 4 members (excludes halogenated alkanes) is 48. The third-order valence-corrected chi connectivity index (χ3v) is 19.5. The van der Waals surface area contributed by atoms with Crippen LogP contribution in [0.1, 0.15) is 361 Å². The Balaban J connectivity index is 1.63. The Bertz CT molecular complexity index is 1760. The van der Waals surface area contributed by atoms with Crippen molar-refractivity contribution in [3.05, 3.63) is 48.6 Å². The van der Waals surface area contributed by atoms with Crippen molar-refractivity contribution in [3.8, 4) is 0 Å². The summed E-state index contributed by atoms with van der Waals surface area (Å²) in [5.74, 6) is -0.242. The fourth-order valence-corrected chi connectivity index (χ4v) is 13.2. The van der Waals surface area contributed by atoms with E-state index in [-0.39, 0.29) is 18.9 Å². The average molecular weight is 1330 g/mol. The molecule has 12 atom stereocenters. The lowest BCUT2D eigenvalue weighted by Gasteiger charge is -2.46. The molecule has 2 heterocycles. The quantitative estimate of drug-likeness (QED) is 0.0204. The smallest absolute Gasteiger partial charge is 0.220 e. The maximum atomic E-state index is 13.4. The zero-order chi connectivity index (χ0) is 68.0. The molecule has 0 saturated carbocycles. The van der Waals surface area contributed by atoms with Gasteiger partial charge in [-0.2, -0.15) is 0 Å². The first-order valence-corrected chi connectivity index (χ1v) is 39.9. The van der Waals surface area contributed by atoms with Crippen LogP contribution < -0.4 is 5.32 Å². The van der Waals surface area contributed by atoms with E-state index in [0.717, 1.165) is 38.5 Å². The van der Waals surface area contributed by atoms with Crippen LogP contribution in [0.4, 0.5) is 0 Å². The van der Waals surface area contributed by atoms with Crippen LogP contribution in [0, 0.1) is 0 Å².